The van der Waals surface area contributed by atoms with E-state index in [1.54, 1.807) is 12.4 Å². The third-order valence-corrected chi connectivity index (χ3v) is 2.00. The van der Waals surface area contributed by atoms with E-state index in [4.69, 9.17) is 0 Å². The molecule has 1 heterocycles. The highest BCUT2D eigenvalue weighted by atomic mass is 19.1. The largest absolute Gasteiger partial charge is 0.253 e. The SMILES string of the molecule is CCc1cc(F)cc2nccnc12. The molecule has 0 fully saturated rings. The summed E-state index contributed by atoms with van der Waals surface area (Å²) in [7, 11) is 0. The van der Waals surface area contributed by atoms with Crippen LogP contribution in [-0.2, 0) is 6.42 Å². The molecule has 0 atom stereocenters. The Hall–Kier alpha value is -1.51. The van der Waals surface area contributed by atoms with Gasteiger partial charge in [0.05, 0.1) is 11.0 Å². The minimum Gasteiger partial charge on any atom is -0.253 e. The van der Waals surface area contributed by atoms with E-state index >= 15 is 0 Å². The van der Waals surface area contributed by atoms with Crippen molar-refractivity contribution in [1.82, 2.24) is 9.97 Å². The number of hydrogen-bond donors (Lipinski definition) is 0. The summed E-state index contributed by atoms with van der Waals surface area (Å²) < 4.78 is 13.0. The lowest BCUT2D eigenvalue weighted by molar-refractivity contribution is 0.627. The molecular weight excluding hydrogens is 167 g/mol. The average Bonchev–Trinajstić information content (AvgIpc) is 2.16. The predicted octanol–water partition coefficient (Wildman–Crippen LogP) is 2.33. The van der Waals surface area contributed by atoms with Gasteiger partial charge >= 0.3 is 0 Å². The van der Waals surface area contributed by atoms with Crippen LogP contribution < -0.4 is 0 Å². The molecule has 0 spiro atoms. The van der Waals surface area contributed by atoms with Crippen molar-refractivity contribution in [2.75, 3.05) is 0 Å². The Morgan fingerprint density at radius 2 is 2.00 bits per heavy atom. The van der Waals surface area contributed by atoms with Gasteiger partial charge in [-0.3, -0.25) is 9.97 Å². The lowest BCUT2D eigenvalue weighted by Gasteiger charge is -2.01. The molecule has 0 bridgehead atoms. The molecule has 2 nitrogen and oxygen atoms in total. The summed E-state index contributed by atoms with van der Waals surface area (Å²) in [6, 6.07) is 2.92. The molecule has 1 aromatic heterocycles. The fourth-order valence-corrected chi connectivity index (χ4v) is 1.38. The maximum absolute atomic E-state index is 13.0. The van der Waals surface area contributed by atoms with Gasteiger partial charge < -0.3 is 0 Å². The van der Waals surface area contributed by atoms with Crippen LogP contribution in [0.1, 0.15) is 12.5 Å². The molecule has 13 heavy (non-hydrogen) atoms. The van der Waals surface area contributed by atoms with E-state index in [2.05, 4.69) is 9.97 Å². The van der Waals surface area contributed by atoms with E-state index in [0.29, 0.717) is 5.52 Å². The maximum atomic E-state index is 13.0. The van der Waals surface area contributed by atoms with Gasteiger partial charge in [0.2, 0.25) is 0 Å². The van der Waals surface area contributed by atoms with Gasteiger partial charge in [0.25, 0.3) is 0 Å². The number of fused-ring (bicyclic) bond motifs is 1. The smallest absolute Gasteiger partial charge is 0.125 e. The molecular formula is C10H9FN2. The zero-order valence-corrected chi connectivity index (χ0v) is 7.29. The number of aryl methyl sites for hydroxylation is 1. The first-order valence-electron chi connectivity index (χ1n) is 4.20. The third kappa shape index (κ3) is 1.37. The Kier molecular flexibility index (Phi) is 1.93. The number of halogens is 1. The van der Waals surface area contributed by atoms with Crippen molar-refractivity contribution in [1.29, 1.82) is 0 Å². The highest BCUT2D eigenvalue weighted by Gasteiger charge is 2.03. The lowest BCUT2D eigenvalue weighted by Crippen LogP contribution is -1.91. The molecule has 1 aromatic carbocycles. The zero-order valence-electron chi connectivity index (χ0n) is 7.29. The van der Waals surface area contributed by atoms with Crippen LogP contribution in [0.5, 0.6) is 0 Å². The highest BCUT2D eigenvalue weighted by Crippen LogP contribution is 2.16. The summed E-state index contributed by atoms with van der Waals surface area (Å²) in [6.07, 6.45) is 3.97. The topological polar surface area (TPSA) is 25.8 Å². The minimum atomic E-state index is -0.246. The highest BCUT2D eigenvalue weighted by molar-refractivity contribution is 5.77. The molecule has 0 radical (unpaired) electrons. The molecule has 2 rings (SSSR count). The molecule has 0 aliphatic rings. The van der Waals surface area contributed by atoms with Gasteiger partial charge in [-0.15, -0.1) is 0 Å². The lowest BCUT2D eigenvalue weighted by atomic mass is 10.1. The van der Waals surface area contributed by atoms with Gasteiger partial charge in [-0.25, -0.2) is 4.39 Å². The van der Waals surface area contributed by atoms with Crippen LogP contribution in [0.4, 0.5) is 4.39 Å². The van der Waals surface area contributed by atoms with E-state index in [0.717, 1.165) is 17.5 Å². The third-order valence-electron chi connectivity index (χ3n) is 2.00. The number of benzene rings is 1. The van der Waals surface area contributed by atoms with Crippen molar-refractivity contribution in [2.45, 2.75) is 13.3 Å². The van der Waals surface area contributed by atoms with E-state index < -0.39 is 0 Å². The molecule has 0 amide bonds. The first-order valence-corrected chi connectivity index (χ1v) is 4.20. The minimum absolute atomic E-state index is 0.246. The zero-order chi connectivity index (χ0) is 9.26. The fraction of sp³-hybridized carbons (Fsp3) is 0.200. The maximum Gasteiger partial charge on any atom is 0.125 e. The Bertz CT molecular complexity index is 440. The van der Waals surface area contributed by atoms with Crippen molar-refractivity contribution in [3.63, 3.8) is 0 Å². The average molecular weight is 176 g/mol. The summed E-state index contributed by atoms with van der Waals surface area (Å²) in [5.74, 6) is -0.246. The van der Waals surface area contributed by atoms with Crippen LogP contribution >= 0.6 is 0 Å². The number of rotatable bonds is 1. The van der Waals surface area contributed by atoms with E-state index in [1.807, 2.05) is 6.92 Å². The summed E-state index contributed by atoms with van der Waals surface area (Å²) in [5, 5.41) is 0. The summed E-state index contributed by atoms with van der Waals surface area (Å²) >= 11 is 0. The van der Waals surface area contributed by atoms with Crippen LogP contribution in [0.15, 0.2) is 24.5 Å². The van der Waals surface area contributed by atoms with Gasteiger partial charge in [-0.2, -0.15) is 0 Å². The summed E-state index contributed by atoms with van der Waals surface area (Å²) in [4.78, 5) is 8.21. The Balaban J connectivity index is 2.81. The van der Waals surface area contributed by atoms with Crippen molar-refractivity contribution in [2.24, 2.45) is 0 Å². The molecule has 0 saturated carbocycles. The normalized spacial score (nSPS) is 10.6. The van der Waals surface area contributed by atoms with Gasteiger partial charge in [-0.05, 0) is 18.1 Å². The van der Waals surface area contributed by atoms with Gasteiger partial charge in [0, 0.05) is 18.5 Å². The number of hydrogen-bond acceptors (Lipinski definition) is 2. The van der Waals surface area contributed by atoms with Crippen LogP contribution in [0.3, 0.4) is 0 Å². The van der Waals surface area contributed by atoms with Crippen molar-refractivity contribution in [3.8, 4) is 0 Å². The Labute approximate surface area is 75.4 Å². The predicted molar refractivity (Wildman–Crippen MR) is 48.9 cm³/mol. The molecule has 66 valence electrons. The van der Waals surface area contributed by atoms with Gasteiger partial charge in [-0.1, -0.05) is 6.92 Å². The monoisotopic (exact) mass is 176 g/mol. The number of aromatic nitrogens is 2. The van der Waals surface area contributed by atoms with E-state index in [1.165, 1.54) is 12.1 Å². The van der Waals surface area contributed by atoms with Gasteiger partial charge in [0.15, 0.2) is 0 Å². The van der Waals surface area contributed by atoms with Crippen molar-refractivity contribution < 1.29 is 4.39 Å². The van der Waals surface area contributed by atoms with Gasteiger partial charge in [0.1, 0.15) is 5.82 Å². The van der Waals surface area contributed by atoms with E-state index in [-0.39, 0.29) is 5.82 Å². The molecule has 0 N–H and O–H groups in total. The second-order valence-electron chi connectivity index (χ2n) is 2.84. The second-order valence-corrected chi connectivity index (χ2v) is 2.84. The quantitative estimate of drug-likeness (QED) is 0.666. The van der Waals surface area contributed by atoms with Crippen LogP contribution in [0.2, 0.25) is 0 Å². The van der Waals surface area contributed by atoms with Crippen molar-refractivity contribution >= 4 is 11.0 Å². The second kappa shape index (κ2) is 3.09. The molecule has 0 saturated heterocycles. The first kappa shape index (κ1) is 8.10. The molecule has 3 heteroatoms. The summed E-state index contributed by atoms with van der Waals surface area (Å²) in [6.45, 7) is 1.98. The fourth-order valence-electron chi connectivity index (χ4n) is 1.38. The molecule has 0 aliphatic heterocycles. The Morgan fingerprint density at radius 1 is 1.23 bits per heavy atom. The standard InChI is InChI=1S/C10H9FN2/c1-2-7-5-8(11)6-9-10(7)13-4-3-12-9/h3-6H,2H2,1H3. The molecule has 0 unspecified atom stereocenters. The van der Waals surface area contributed by atoms with E-state index in [9.17, 15) is 4.39 Å². The molecule has 2 aromatic rings. The molecule has 0 aliphatic carbocycles. The van der Waals surface area contributed by atoms with Crippen molar-refractivity contribution in [3.05, 3.63) is 35.9 Å². The van der Waals surface area contributed by atoms with Crippen LogP contribution in [0.25, 0.3) is 11.0 Å². The van der Waals surface area contributed by atoms with Crippen LogP contribution in [0, 0.1) is 5.82 Å². The summed E-state index contributed by atoms with van der Waals surface area (Å²) in [5.41, 5.74) is 2.33. The Morgan fingerprint density at radius 3 is 2.77 bits per heavy atom. The first-order chi connectivity index (χ1) is 6.31. The van der Waals surface area contributed by atoms with Crippen LogP contribution in [-0.4, -0.2) is 9.97 Å². The number of nitrogens with zero attached hydrogens (tertiary/aromatic N) is 2.